The Morgan fingerprint density at radius 2 is 2.10 bits per heavy atom. The van der Waals surface area contributed by atoms with Crippen molar-refractivity contribution in [3.8, 4) is 11.5 Å². The normalized spacial score (nSPS) is 25.2. The highest BCUT2D eigenvalue weighted by Gasteiger charge is 2.32. The number of rotatable bonds is 5. The number of ether oxygens (including phenoxy) is 4. The van der Waals surface area contributed by atoms with Crippen LogP contribution in [0.3, 0.4) is 0 Å². The number of nitrogens with zero attached hydrogens (tertiary/aromatic N) is 1. The van der Waals surface area contributed by atoms with Crippen molar-refractivity contribution in [2.75, 3.05) is 40.6 Å². The van der Waals surface area contributed by atoms with Crippen molar-refractivity contribution in [1.82, 2.24) is 4.90 Å². The number of benzene rings is 1. The third-order valence-corrected chi connectivity index (χ3v) is 4.20. The van der Waals surface area contributed by atoms with Gasteiger partial charge in [-0.25, -0.2) is 0 Å². The first-order valence-corrected chi connectivity index (χ1v) is 7.45. The number of likely N-dealkylation sites (tertiary alicyclic amines) is 1. The van der Waals surface area contributed by atoms with Crippen LogP contribution in [-0.2, 0) is 16.0 Å². The lowest BCUT2D eigenvalue weighted by atomic mass is 10.1. The van der Waals surface area contributed by atoms with E-state index in [9.17, 15) is 0 Å². The Bertz CT molecular complexity index is 479. The second kappa shape index (κ2) is 6.64. The van der Waals surface area contributed by atoms with Crippen LogP contribution in [0.1, 0.15) is 12.0 Å². The van der Waals surface area contributed by atoms with Crippen LogP contribution in [0.4, 0.5) is 0 Å². The number of para-hydroxylation sites is 1. The highest BCUT2D eigenvalue weighted by Crippen LogP contribution is 2.35. The van der Waals surface area contributed by atoms with Crippen LogP contribution in [0.5, 0.6) is 11.5 Å². The van der Waals surface area contributed by atoms with E-state index in [0.29, 0.717) is 19.3 Å². The van der Waals surface area contributed by atoms with Gasteiger partial charge in [-0.05, 0) is 12.5 Å². The van der Waals surface area contributed by atoms with Gasteiger partial charge in [-0.2, -0.15) is 0 Å². The molecule has 2 atom stereocenters. The Morgan fingerprint density at radius 1 is 1.24 bits per heavy atom. The quantitative estimate of drug-likeness (QED) is 0.826. The van der Waals surface area contributed by atoms with Gasteiger partial charge in [0.15, 0.2) is 11.5 Å². The Hall–Kier alpha value is -1.30. The zero-order valence-corrected chi connectivity index (χ0v) is 12.7. The Kier molecular flexibility index (Phi) is 4.63. The molecule has 0 amide bonds. The molecule has 116 valence electrons. The van der Waals surface area contributed by atoms with Crippen LogP contribution in [-0.4, -0.2) is 57.6 Å². The maximum atomic E-state index is 5.80. The summed E-state index contributed by atoms with van der Waals surface area (Å²) in [7, 11) is 3.53. The third kappa shape index (κ3) is 3.15. The van der Waals surface area contributed by atoms with Gasteiger partial charge < -0.3 is 18.9 Å². The Morgan fingerprint density at radius 3 is 2.90 bits per heavy atom. The highest BCUT2D eigenvalue weighted by molar-refractivity contribution is 5.47. The van der Waals surface area contributed by atoms with Crippen LogP contribution in [0.15, 0.2) is 18.2 Å². The molecule has 5 heteroatoms. The van der Waals surface area contributed by atoms with Crippen molar-refractivity contribution in [3.05, 3.63) is 23.8 Å². The predicted molar refractivity (Wildman–Crippen MR) is 78.9 cm³/mol. The molecule has 0 spiro atoms. The van der Waals surface area contributed by atoms with Gasteiger partial charge in [0.1, 0.15) is 13.2 Å². The molecule has 1 saturated heterocycles. The van der Waals surface area contributed by atoms with Crippen LogP contribution in [0, 0.1) is 0 Å². The van der Waals surface area contributed by atoms with Gasteiger partial charge in [-0.1, -0.05) is 12.1 Å². The van der Waals surface area contributed by atoms with E-state index < -0.39 is 0 Å². The number of hydrogen-bond donors (Lipinski definition) is 0. The summed E-state index contributed by atoms with van der Waals surface area (Å²) in [4.78, 5) is 2.41. The van der Waals surface area contributed by atoms with E-state index in [-0.39, 0.29) is 6.10 Å². The predicted octanol–water partition coefficient (Wildman–Crippen LogP) is 1.69. The molecule has 2 aliphatic rings. The fraction of sp³-hybridized carbons (Fsp3) is 0.625. The molecule has 3 rings (SSSR count). The maximum absolute atomic E-state index is 5.80. The molecule has 0 aliphatic carbocycles. The molecule has 2 aliphatic heterocycles. The summed E-state index contributed by atoms with van der Waals surface area (Å²) in [6.45, 7) is 3.73. The minimum absolute atomic E-state index is 0.279. The van der Waals surface area contributed by atoms with Gasteiger partial charge in [0.05, 0.1) is 12.7 Å². The molecular formula is C16H23NO4. The Balaban J connectivity index is 1.76. The topological polar surface area (TPSA) is 40.2 Å². The molecule has 0 radical (unpaired) electrons. The largest absolute Gasteiger partial charge is 0.486 e. The monoisotopic (exact) mass is 293 g/mol. The fourth-order valence-corrected chi connectivity index (χ4v) is 3.15. The van der Waals surface area contributed by atoms with E-state index in [1.807, 2.05) is 12.1 Å². The molecule has 0 unspecified atom stereocenters. The molecule has 1 aromatic carbocycles. The third-order valence-electron chi connectivity index (χ3n) is 4.20. The number of fused-ring (bicyclic) bond motifs is 1. The highest BCUT2D eigenvalue weighted by atomic mass is 16.6. The fourth-order valence-electron chi connectivity index (χ4n) is 3.15. The number of hydrogen-bond acceptors (Lipinski definition) is 5. The van der Waals surface area contributed by atoms with Gasteiger partial charge in [0.25, 0.3) is 0 Å². The van der Waals surface area contributed by atoms with Gasteiger partial charge in [-0.3, -0.25) is 4.90 Å². The standard InChI is InChI=1S/C16H23NO4/c1-18-11-13-8-14(19-2)10-17(13)9-12-4-3-5-15-16(12)21-7-6-20-15/h3-5,13-14H,6-11H2,1-2H3/t13-,14-/m0/s1. The van der Waals surface area contributed by atoms with Gasteiger partial charge in [0.2, 0.25) is 0 Å². The average Bonchev–Trinajstić information content (AvgIpc) is 2.90. The van der Waals surface area contributed by atoms with Crippen molar-refractivity contribution in [2.45, 2.75) is 25.1 Å². The molecule has 0 aromatic heterocycles. The number of methoxy groups -OCH3 is 2. The summed E-state index contributed by atoms with van der Waals surface area (Å²) in [5.74, 6) is 1.74. The van der Waals surface area contributed by atoms with Crippen LogP contribution in [0.2, 0.25) is 0 Å². The first-order valence-electron chi connectivity index (χ1n) is 7.45. The molecule has 1 aromatic rings. The molecule has 0 bridgehead atoms. The van der Waals surface area contributed by atoms with Crippen molar-refractivity contribution in [2.24, 2.45) is 0 Å². The molecule has 1 fully saturated rings. The van der Waals surface area contributed by atoms with Crippen molar-refractivity contribution in [1.29, 1.82) is 0 Å². The molecule has 21 heavy (non-hydrogen) atoms. The molecule has 0 saturated carbocycles. The van der Waals surface area contributed by atoms with Gasteiger partial charge in [-0.15, -0.1) is 0 Å². The maximum Gasteiger partial charge on any atom is 0.165 e. The van der Waals surface area contributed by atoms with Crippen LogP contribution >= 0.6 is 0 Å². The summed E-state index contributed by atoms with van der Waals surface area (Å²) in [5.41, 5.74) is 1.17. The van der Waals surface area contributed by atoms with E-state index in [4.69, 9.17) is 18.9 Å². The lowest BCUT2D eigenvalue weighted by Crippen LogP contribution is -2.33. The molecule has 2 heterocycles. The average molecular weight is 293 g/mol. The zero-order valence-electron chi connectivity index (χ0n) is 12.7. The van der Waals surface area contributed by atoms with Gasteiger partial charge in [0, 0.05) is 38.9 Å². The summed E-state index contributed by atoms with van der Waals surface area (Å²) in [6, 6.07) is 6.49. The van der Waals surface area contributed by atoms with E-state index in [2.05, 4.69) is 11.0 Å². The summed E-state index contributed by atoms with van der Waals surface area (Å²) in [5, 5.41) is 0. The van der Waals surface area contributed by atoms with E-state index in [0.717, 1.165) is 37.6 Å². The summed E-state index contributed by atoms with van der Waals surface area (Å²) < 4.78 is 22.3. The lowest BCUT2D eigenvalue weighted by molar-refractivity contribution is 0.104. The Labute approximate surface area is 125 Å². The van der Waals surface area contributed by atoms with Crippen LogP contribution < -0.4 is 9.47 Å². The second-order valence-electron chi connectivity index (χ2n) is 5.57. The van der Waals surface area contributed by atoms with E-state index in [1.165, 1.54) is 5.56 Å². The minimum atomic E-state index is 0.279. The molecular weight excluding hydrogens is 270 g/mol. The summed E-state index contributed by atoms with van der Waals surface area (Å²) in [6.07, 6.45) is 1.29. The van der Waals surface area contributed by atoms with E-state index in [1.54, 1.807) is 14.2 Å². The van der Waals surface area contributed by atoms with Gasteiger partial charge >= 0.3 is 0 Å². The first-order chi connectivity index (χ1) is 10.3. The first kappa shape index (κ1) is 14.6. The lowest BCUT2D eigenvalue weighted by Gasteiger charge is -2.26. The van der Waals surface area contributed by atoms with Crippen molar-refractivity contribution < 1.29 is 18.9 Å². The second-order valence-corrected chi connectivity index (χ2v) is 5.57. The van der Waals surface area contributed by atoms with Crippen molar-refractivity contribution >= 4 is 0 Å². The molecule has 5 nitrogen and oxygen atoms in total. The summed E-state index contributed by atoms with van der Waals surface area (Å²) >= 11 is 0. The molecule has 0 N–H and O–H groups in total. The SMILES string of the molecule is COC[C@@H]1C[C@H](OC)CN1Cc1cccc2c1OCCO2. The van der Waals surface area contributed by atoms with E-state index >= 15 is 0 Å². The smallest absolute Gasteiger partial charge is 0.165 e. The minimum Gasteiger partial charge on any atom is -0.486 e. The van der Waals surface area contributed by atoms with Crippen molar-refractivity contribution in [3.63, 3.8) is 0 Å². The zero-order chi connectivity index (χ0) is 14.7. The van der Waals surface area contributed by atoms with Crippen LogP contribution in [0.25, 0.3) is 0 Å².